The fraction of sp³-hybridized carbons (Fsp3) is 0.250. The van der Waals surface area contributed by atoms with Crippen molar-refractivity contribution in [2.75, 3.05) is 7.11 Å². The molecule has 1 heterocycles. The molecule has 0 fully saturated rings. The van der Waals surface area contributed by atoms with Gasteiger partial charge in [-0.05, 0) is 53.1 Å². The van der Waals surface area contributed by atoms with Gasteiger partial charge in [-0.1, -0.05) is 29.8 Å². The van der Waals surface area contributed by atoms with Gasteiger partial charge in [0.05, 0.1) is 7.11 Å². The Kier molecular flexibility index (Phi) is 7.14. The maximum absolute atomic E-state index is 13.5. The molecule has 0 radical (unpaired) electrons. The molecule has 4 aromatic rings. The van der Waals surface area contributed by atoms with Crippen LogP contribution in [0.25, 0.3) is 32.9 Å². The minimum absolute atomic E-state index is 0.0442. The SMILES string of the molecule is COc1ccc(-c2c(CC(S(=O)(=O)C(F)(F)F)S(=O)(=O)C(F)(F)F)ccc3c2c2cc(Cl)ccc2n3C)cc1. The van der Waals surface area contributed by atoms with Crippen LogP contribution in [0.15, 0.2) is 54.6 Å². The lowest BCUT2D eigenvalue weighted by Gasteiger charge is -2.22. The molecule has 1 aromatic heterocycles. The molecule has 15 heteroatoms. The molecule has 0 aliphatic rings. The Bertz CT molecular complexity index is 1750. The van der Waals surface area contributed by atoms with Crippen molar-refractivity contribution in [2.45, 2.75) is 22.0 Å². The van der Waals surface area contributed by atoms with Crippen LogP contribution >= 0.6 is 11.6 Å². The lowest BCUT2D eigenvalue weighted by atomic mass is 9.93. The lowest BCUT2D eigenvalue weighted by molar-refractivity contribution is -0.0471. The number of hydrogen-bond donors (Lipinski definition) is 0. The highest BCUT2D eigenvalue weighted by atomic mass is 35.5. The van der Waals surface area contributed by atoms with Crippen molar-refractivity contribution in [1.29, 1.82) is 0 Å². The van der Waals surface area contributed by atoms with Gasteiger partial charge in [0.15, 0.2) is 4.58 Å². The summed E-state index contributed by atoms with van der Waals surface area (Å²) in [6, 6.07) is 13.1. The summed E-state index contributed by atoms with van der Waals surface area (Å²) < 4.78 is 133. The summed E-state index contributed by atoms with van der Waals surface area (Å²) in [4.78, 5) is 0. The van der Waals surface area contributed by atoms with Gasteiger partial charge in [0.1, 0.15) is 5.75 Å². The fourth-order valence-corrected chi connectivity index (χ4v) is 7.99. The Morgan fingerprint density at radius 2 is 1.38 bits per heavy atom. The number of halogens is 7. The number of fused-ring (bicyclic) bond motifs is 3. The maximum Gasteiger partial charge on any atom is 0.498 e. The highest BCUT2D eigenvalue weighted by molar-refractivity contribution is 8.09. The van der Waals surface area contributed by atoms with Crippen LogP contribution in [0.4, 0.5) is 26.3 Å². The van der Waals surface area contributed by atoms with Gasteiger partial charge in [0.2, 0.25) is 0 Å². The fourth-order valence-electron chi connectivity index (χ4n) is 4.44. The molecule has 0 saturated carbocycles. The van der Waals surface area contributed by atoms with Gasteiger partial charge in [-0.2, -0.15) is 26.3 Å². The molecule has 0 N–H and O–H groups in total. The molecule has 0 bridgehead atoms. The van der Waals surface area contributed by atoms with Crippen LogP contribution in [0.1, 0.15) is 5.56 Å². The van der Waals surface area contributed by atoms with Crippen LogP contribution in [0, 0.1) is 0 Å². The third kappa shape index (κ3) is 4.82. The number of aryl methyl sites for hydroxylation is 1. The molecule has 0 spiro atoms. The zero-order chi connectivity index (χ0) is 29.1. The molecular weight excluding hydrogens is 596 g/mol. The second kappa shape index (κ2) is 9.59. The minimum Gasteiger partial charge on any atom is -0.497 e. The van der Waals surface area contributed by atoms with Crippen LogP contribution in [-0.4, -0.2) is 44.1 Å². The van der Waals surface area contributed by atoms with E-state index in [2.05, 4.69) is 0 Å². The molecule has 4 rings (SSSR count). The number of methoxy groups -OCH3 is 1. The van der Waals surface area contributed by atoms with E-state index in [-0.39, 0.29) is 21.7 Å². The summed E-state index contributed by atoms with van der Waals surface area (Å²) in [5, 5.41) is 1.06. The first-order valence-corrected chi connectivity index (χ1v) is 14.3. The third-order valence-electron chi connectivity index (χ3n) is 6.32. The van der Waals surface area contributed by atoms with E-state index in [4.69, 9.17) is 16.3 Å². The molecule has 6 nitrogen and oxygen atoms in total. The van der Waals surface area contributed by atoms with Crippen molar-refractivity contribution in [3.05, 3.63) is 65.2 Å². The quantitative estimate of drug-likeness (QED) is 0.235. The van der Waals surface area contributed by atoms with E-state index >= 15 is 0 Å². The molecule has 0 atom stereocenters. The molecule has 0 amide bonds. The Morgan fingerprint density at radius 1 is 0.846 bits per heavy atom. The van der Waals surface area contributed by atoms with Crippen molar-refractivity contribution < 1.29 is 47.9 Å². The van der Waals surface area contributed by atoms with E-state index < -0.39 is 41.7 Å². The summed E-state index contributed by atoms with van der Waals surface area (Å²) in [6.07, 6.45) is -1.63. The zero-order valence-corrected chi connectivity index (χ0v) is 22.3. The van der Waals surface area contributed by atoms with E-state index in [0.29, 0.717) is 27.6 Å². The molecule has 3 aromatic carbocycles. The average Bonchev–Trinajstić information content (AvgIpc) is 3.11. The molecule has 0 saturated heterocycles. The summed E-state index contributed by atoms with van der Waals surface area (Å²) >= 11 is 6.18. The van der Waals surface area contributed by atoms with Gasteiger partial charge < -0.3 is 9.30 Å². The first-order chi connectivity index (χ1) is 17.9. The van der Waals surface area contributed by atoms with Crippen molar-refractivity contribution >= 4 is 53.1 Å². The van der Waals surface area contributed by atoms with Gasteiger partial charge >= 0.3 is 11.0 Å². The van der Waals surface area contributed by atoms with E-state index in [1.807, 2.05) is 0 Å². The smallest absolute Gasteiger partial charge is 0.497 e. The molecular formula is C24H18ClF6NO5S2. The van der Waals surface area contributed by atoms with E-state index in [1.54, 1.807) is 23.7 Å². The Hall–Kier alpha value is -2.97. The van der Waals surface area contributed by atoms with Gasteiger partial charge in [0, 0.05) is 40.3 Å². The van der Waals surface area contributed by atoms with Gasteiger partial charge in [-0.3, -0.25) is 0 Å². The second-order valence-corrected chi connectivity index (χ2v) is 13.5. The van der Waals surface area contributed by atoms with Crippen molar-refractivity contribution in [1.82, 2.24) is 4.57 Å². The molecule has 39 heavy (non-hydrogen) atoms. The lowest BCUT2D eigenvalue weighted by Crippen LogP contribution is -2.46. The number of sulfone groups is 2. The maximum atomic E-state index is 13.5. The monoisotopic (exact) mass is 613 g/mol. The van der Waals surface area contributed by atoms with Gasteiger partial charge in [-0.15, -0.1) is 0 Å². The van der Waals surface area contributed by atoms with Crippen LogP contribution in [0.2, 0.25) is 5.02 Å². The number of nitrogens with zero attached hydrogens (tertiary/aromatic N) is 1. The van der Waals surface area contributed by atoms with Crippen LogP contribution in [0.5, 0.6) is 5.75 Å². The number of benzene rings is 3. The van der Waals surface area contributed by atoms with Crippen LogP contribution in [-0.2, 0) is 33.1 Å². The first-order valence-electron chi connectivity index (χ1n) is 10.9. The minimum atomic E-state index is -6.84. The highest BCUT2D eigenvalue weighted by Crippen LogP contribution is 2.43. The molecule has 0 aliphatic carbocycles. The average molecular weight is 614 g/mol. The van der Waals surface area contributed by atoms with Crippen molar-refractivity contribution in [3.63, 3.8) is 0 Å². The van der Waals surface area contributed by atoms with Crippen molar-refractivity contribution in [3.8, 4) is 16.9 Å². The van der Waals surface area contributed by atoms with Crippen LogP contribution in [0.3, 0.4) is 0 Å². The van der Waals surface area contributed by atoms with Gasteiger partial charge in [-0.25, -0.2) is 16.8 Å². The summed E-state index contributed by atoms with van der Waals surface area (Å²) in [5.74, 6) is 0.380. The van der Waals surface area contributed by atoms with Crippen LogP contribution < -0.4 is 4.74 Å². The van der Waals surface area contributed by atoms with Gasteiger partial charge in [0.25, 0.3) is 19.7 Å². The summed E-state index contributed by atoms with van der Waals surface area (Å²) in [6.45, 7) is 0. The molecule has 0 aliphatic heterocycles. The predicted octanol–water partition coefficient (Wildman–Crippen LogP) is 6.40. The van der Waals surface area contributed by atoms with E-state index in [0.717, 1.165) is 6.07 Å². The second-order valence-electron chi connectivity index (χ2n) is 8.56. The Labute approximate surface area is 223 Å². The standard InChI is InChI=1S/C24H18ClF6NO5S2/c1-32-18-10-6-15(25)12-17(18)22-19(32)9-5-14(21(22)13-3-7-16(37-2)8-4-13)11-20(38(33,34)23(26,27)28)39(35,36)24(29,30)31/h3-10,12,20H,11H2,1-2H3. The number of rotatable bonds is 6. The van der Waals surface area contributed by atoms with Crippen molar-refractivity contribution in [2.24, 2.45) is 7.05 Å². The topological polar surface area (TPSA) is 82.4 Å². The summed E-state index contributed by atoms with van der Waals surface area (Å²) in [5.41, 5.74) is -11.5. The highest BCUT2D eigenvalue weighted by Gasteiger charge is 2.62. The number of aromatic nitrogens is 1. The number of hydrogen-bond acceptors (Lipinski definition) is 5. The third-order valence-corrected chi connectivity index (χ3v) is 11.1. The molecule has 210 valence electrons. The van der Waals surface area contributed by atoms with E-state index in [9.17, 15) is 43.2 Å². The number of ether oxygens (including phenoxy) is 1. The Morgan fingerprint density at radius 3 is 1.90 bits per heavy atom. The summed E-state index contributed by atoms with van der Waals surface area (Å²) in [7, 11) is -10.6. The normalized spacial score (nSPS) is 13.5. The first kappa shape index (κ1) is 29.0. The van der Waals surface area contributed by atoms with E-state index in [1.165, 1.54) is 43.5 Å². The zero-order valence-electron chi connectivity index (χ0n) is 19.9. The predicted molar refractivity (Wildman–Crippen MR) is 135 cm³/mol. The largest absolute Gasteiger partial charge is 0.498 e. The number of alkyl halides is 6. The molecule has 0 unspecified atom stereocenters. The Balaban J connectivity index is 2.11.